The first-order chi connectivity index (χ1) is 15.4. The number of hydrogen-bond acceptors (Lipinski definition) is 4. The molecule has 0 spiro atoms. The average Bonchev–Trinajstić information content (AvgIpc) is 3.09. The normalized spacial score (nSPS) is 15.9. The van der Waals surface area contributed by atoms with Crippen molar-refractivity contribution in [1.82, 2.24) is 5.32 Å². The molecule has 1 amide bonds. The number of carbonyl (C=O) groups is 1. The molecule has 0 aromatic heterocycles. The number of hydrogen-bond donors (Lipinski definition) is 1. The maximum Gasteiger partial charge on any atom is 0.264 e. The van der Waals surface area contributed by atoms with Gasteiger partial charge in [-0.05, 0) is 72.3 Å². The number of amides is 1. The molecule has 0 saturated carbocycles. The van der Waals surface area contributed by atoms with E-state index in [9.17, 15) is 4.79 Å². The molecule has 4 rings (SSSR count). The highest BCUT2D eigenvalue weighted by atomic mass is 35.5. The zero-order chi connectivity index (χ0) is 22.7. The molecule has 162 valence electrons. The van der Waals surface area contributed by atoms with Crippen LogP contribution in [0.25, 0.3) is 6.08 Å². The predicted molar refractivity (Wildman–Crippen MR) is 134 cm³/mol. The largest absolute Gasteiger partial charge is 0.486 e. The van der Waals surface area contributed by atoms with Gasteiger partial charge in [-0.25, -0.2) is 4.99 Å². The Kier molecular flexibility index (Phi) is 7.11. The second-order valence-electron chi connectivity index (χ2n) is 7.05. The zero-order valence-electron chi connectivity index (χ0n) is 16.9. The van der Waals surface area contributed by atoms with Gasteiger partial charge < -0.3 is 10.1 Å². The number of carbonyl (C=O) groups excluding carboxylic acids is 1. The highest BCUT2D eigenvalue weighted by Crippen LogP contribution is 2.37. The van der Waals surface area contributed by atoms with Crippen molar-refractivity contribution < 1.29 is 9.53 Å². The maximum atomic E-state index is 12.4. The summed E-state index contributed by atoms with van der Waals surface area (Å²) in [5.74, 6) is 0.159. The van der Waals surface area contributed by atoms with Crippen LogP contribution in [0.5, 0.6) is 5.75 Å². The molecule has 1 heterocycles. The van der Waals surface area contributed by atoms with Crippen LogP contribution in [-0.4, -0.2) is 11.1 Å². The number of ether oxygens (including phenoxy) is 1. The van der Waals surface area contributed by atoms with Crippen molar-refractivity contribution in [2.45, 2.75) is 13.5 Å². The summed E-state index contributed by atoms with van der Waals surface area (Å²) in [5, 5.41) is 4.66. The van der Waals surface area contributed by atoms with E-state index in [2.05, 4.69) is 10.3 Å². The molecular weight excluding hydrogens is 487 g/mol. The van der Waals surface area contributed by atoms with Crippen molar-refractivity contribution >= 4 is 69.4 Å². The van der Waals surface area contributed by atoms with Gasteiger partial charge in [-0.2, -0.15) is 0 Å². The van der Waals surface area contributed by atoms with E-state index in [1.807, 2.05) is 43.3 Å². The lowest BCUT2D eigenvalue weighted by molar-refractivity contribution is -0.115. The van der Waals surface area contributed by atoms with E-state index >= 15 is 0 Å². The van der Waals surface area contributed by atoms with Crippen molar-refractivity contribution in [1.29, 1.82) is 0 Å². The molecule has 0 radical (unpaired) electrons. The second kappa shape index (κ2) is 10.0. The van der Waals surface area contributed by atoms with Crippen LogP contribution in [0.15, 0.2) is 70.6 Å². The third-order valence-electron chi connectivity index (χ3n) is 4.53. The average molecular weight is 504 g/mol. The van der Waals surface area contributed by atoms with Gasteiger partial charge in [-0.1, -0.05) is 64.6 Å². The van der Waals surface area contributed by atoms with E-state index in [0.29, 0.717) is 43.1 Å². The maximum absolute atomic E-state index is 12.4. The van der Waals surface area contributed by atoms with Crippen LogP contribution < -0.4 is 10.1 Å². The summed E-state index contributed by atoms with van der Waals surface area (Å²) in [7, 11) is 0. The van der Waals surface area contributed by atoms with Crippen molar-refractivity contribution in [2.75, 3.05) is 0 Å². The lowest BCUT2D eigenvalue weighted by Crippen LogP contribution is -2.19. The molecule has 1 aliphatic heterocycles. The Balaban J connectivity index is 1.49. The second-order valence-corrected chi connectivity index (χ2v) is 9.33. The van der Waals surface area contributed by atoms with Crippen LogP contribution in [0.3, 0.4) is 0 Å². The first-order valence-electron chi connectivity index (χ1n) is 9.60. The molecule has 1 N–H and O–H groups in total. The van der Waals surface area contributed by atoms with E-state index in [0.717, 1.165) is 16.8 Å². The topological polar surface area (TPSA) is 50.7 Å². The molecule has 1 aliphatic rings. The fraction of sp³-hybridized carbons (Fsp3) is 0.0833. The third-order valence-corrected chi connectivity index (χ3v) is 6.25. The Labute approximate surface area is 205 Å². The van der Waals surface area contributed by atoms with E-state index in [1.54, 1.807) is 30.3 Å². The summed E-state index contributed by atoms with van der Waals surface area (Å²) in [6.45, 7) is 2.31. The number of benzene rings is 3. The Hall–Kier alpha value is -2.44. The molecule has 8 heteroatoms. The van der Waals surface area contributed by atoms with Gasteiger partial charge in [0.2, 0.25) is 0 Å². The molecule has 4 nitrogen and oxygen atoms in total. The quantitative estimate of drug-likeness (QED) is 0.368. The van der Waals surface area contributed by atoms with Gasteiger partial charge in [-0.15, -0.1) is 0 Å². The number of halogens is 3. The van der Waals surface area contributed by atoms with Gasteiger partial charge in [0.05, 0.1) is 20.6 Å². The first-order valence-corrected chi connectivity index (χ1v) is 11.5. The van der Waals surface area contributed by atoms with Crippen molar-refractivity contribution in [2.24, 2.45) is 4.99 Å². The Bertz CT molecular complexity index is 1200. The number of nitrogens with zero attached hydrogens (tertiary/aromatic N) is 1. The van der Waals surface area contributed by atoms with Gasteiger partial charge >= 0.3 is 0 Å². The van der Waals surface area contributed by atoms with E-state index in [-0.39, 0.29) is 5.91 Å². The summed E-state index contributed by atoms with van der Waals surface area (Å²) < 4.78 is 5.80. The van der Waals surface area contributed by atoms with Crippen molar-refractivity contribution in [3.05, 3.63) is 97.3 Å². The zero-order valence-corrected chi connectivity index (χ0v) is 19.9. The highest BCUT2D eigenvalue weighted by molar-refractivity contribution is 8.18. The van der Waals surface area contributed by atoms with Crippen LogP contribution >= 0.6 is 46.6 Å². The highest BCUT2D eigenvalue weighted by Gasteiger charge is 2.24. The van der Waals surface area contributed by atoms with Crippen LogP contribution in [0.4, 0.5) is 5.69 Å². The molecule has 0 atom stereocenters. The minimum Gasteiger partial charge on any atom is -0.486 e. The Morgan fingerprint density at radius 2 is 1.66 bits per heavy atom. The number of aryl methyl sites for hydroxylation is 1. The monoisotopic (exact) mass is 502 g/mol. The summed E-state index contributed by atoms with van der Waals surface area (Å²) in [6.07, 6.45) is 1.72. The number of rotatable bonds is 5. The molecule has 0 aliphatic carbocycles. The van der Waals surface area contributed by atoms with Crippen LogP contribution in [-0.2, 0) is 11.4 Å². The van der Waals surface area contributed by atoms with Crippen LogP contribution in [0.1, 0.15) is 16.7 Å². The summed E-state index contributed by atoms with van der Waals surface area (Å²) in [5.41, 5.74) is 3.54. The molecular formula is C24H17Cl3N2O2S. The summed E-state index contributed by atoms with van der Waals surface area (Å²) in [4.78, 5) is 17.3. The number of thioether (sulfide) groups is 1. The van der Waals surface area contributed by atoms with Crippen LogP contribution in [0.2, 0.25) is 15.1 Å². The Morgan fingerprint density at radius 3 is 2.31 bits per heavy atom. The lowest BCUT2D eigenvalue weighted by atomic mass is 10.2. The van der Waals surface area contributed by atoms with Gasteiger partial charge in [-0.3, -0.25) is 4.79 Å². The smallest absolute Gasteiger partial charge is 0.264 e. The fourth-order valence-corrected chi connectivity index (χ4v) is 4.49. The third kappa shape index (κ3) is 5.67. The van der Waals surface area contributed by atoms with E-state index in [4.69, 9.17) is 39.5 Å². The van der Waals surface area contributed by atoms with E-state index < -0.39 is 0 Å². The van der Waals surface area contributed by atoms with Crippen molar-refractivity contribution in [3.63, 3.8) is 0 Å². The Morgan fingerprint density at radius 1 is 1.00 bits per heavy atom. The molecule has 32 heavy (non-hydrogen) atoms. The molecule has 0 bridgehead atoms. The number of nitrogens with one attached hydrogen (secondary N) is 1. The SMILES string of the molecule is Cc1ccc(N=C2NC(=O)/C(=C/c3cc(Cl)c(OCc4ccc(Cl)cc4)c(Cl)c3)S2)cc1. The first kappa shape index (κ1) is 22.7. The molecule has 3 aromatic carbocycles. The van der Waals surface area contributed by atoms with Crippen molar-refractivity contribution in [3.8, 4) is 5.75 Å². The summed E-state index contributed by atoms with van der Waals surface area (Å²) in [6, 6.07) is 18.5. The molecule has 1 saturated heterocycles. The minimum absolute atomic E-state index is 0.226. The van der Waals surface area contributed by atoms with Gasteiger partial charge in [0.25, 0.3) is 5.91 Å². The van der Waals surface area contributed by atoms with Gasteiger partial charge in [0.15, 0.2) is 10.9 Å². The fourth-order valence-electron chi connectivity index (χ4n) is 2.91. The lowest BCUT2D eigenvalue weighted by Gasteiger charge is -2.11. The molecule has 0 unspecified atom stereocenters. The van der Waals surface area contributed by atoms with Gasteiger partial charge in [0.1, 0.15) is 6.61 Å². The predicted octanol–water partition coefficient (Wildman–Crippen LogP) is 7.43. The molecule has 3 aromatic rings. The molecule has 1 fully saturated rings. The van der Waals surface area contributed by atoms with Crippen LogP contribution in [0, 0.1) is 6.92 Å². The standard InChI is InChI=1S/C24H17Cl3N2O2S/c1-14-2-8-18(9-3-14)28-24-29-23(30)21(32-24)12-16-10-19(26)22(20(27)11-16)31-13-15-4-6-17(25)7-5-15/h2-12H,13H2,1H3,(H,28,29,30)/b21-12-. The number of amidine groups is 1. The van der Waals surface area contributed by atoms with E-state index in [1.165, 1.54) is 11.8 Å². The number of aliphatic imine (C=N–C) groups is 1. The summed E-state index contributed by atoms with van der Waals surface area (Å²) >= 11 is 20.0. The minimum atomic E-state index is -0.226. The van der Waals surface area contributed by atoms with Gasteiger partial charge in [0, 0.05) is 5.02 Å².